The van der Waals surface area contributed by atoms with Gasteiger partial charge in [0.25, 0.3) is 0 Å². The Morgan fingerprint density at radius 2 is 1.71 bits per heavy atom. The molecule has 136 valence electrons. The molecule has 0 radical (unpaired) electrons. The maximum Gasteiger partial charge on any atom is 0.0937 e. The average Bonchev–Trinajstić information content (AvgIpc) is 2.56. The molecule has 0 bridgehead atoms. The highest BCUT2D eigenvalue weighted by Crippen LogP contribution is 2.45. The number of nitrogens with zero attached hydrogens (tertiary/aromatic N) is 1. The molecule has 0 aromatic heterocycles. The Labute approximate surface area is 153 Å². The number of morpholine rings is 1. The maximum absolute atomic E-state index is 6.62. The fraction of sp³-hybridized carbons (Fsp3) is 0.700. The molecule has 24 heavy (non-hydrogen) atoms. The first kappa shape index (κ1) is 19.7. The second-order valence-corrected chi connectivity index (χ2v) is 7.52. The first-order valence-electron chi connectivity index (χ1n) is 9.17. The molecule has 0 amide bonds. The lowest BCUT2D eigenvalue weighted by Crippen LogP contribution is -2.42. The predicted octanol–water partition coefficient (Wildman–Crippen LogP) is 4.11. The van der Waals surface area contributed by atoms with Crippen molar-refractivity contribution >= 4 is 12.4 Å². The number of hydrogen-bond donors (Lipinski definition) is 0. The topological polar surface area (TPSA) is 21.7 Å². The minimum atomic E-state index is -0.0926. The summed E-state index contributed by atoms with van der Waals surface area (Å²) in [6.07, 6.45) is 3.61. The predicted molar refractivity (Wildman–Crippen MR) is 101 cm³/mol. The fourth-order valence-electron chi connectivity index (χ4n) is 4.44. The Hall–Kier alpha value is -0.610. The third-order valence-electron chi connectivity index (χ3n) is 5.35. The van der Waals surface area contributed by atoms with Crippen LogP contribution < -0.4 is 0 Å². The zero-order valence-electron chi connectivity index (χ0n) is 15.1. The molecule has 3 nitrogen and oxygen atoms in total. The van der Waals surface area contributed by atoms with Crippen LogP contribution in [-0.4, -0.2) is 44.4 Å². The molecule has 1 aromatic rings. The minimum absolute atomic E-state index is 0. The van der Waals surface area contributed by atoms with Crippen LogP contribution in [0.4, 0.5) is 0 Å². The molecule has 0 spiro atoms. The van der Waals surface area contributed by atoms with Crippen LogP contribution in [-0.2, 0) is 15.1 Å². The molecule has 3 rings (SSSR count). The molecule has 0 N–H and O–H groups in total. The second kappa shape index (κ2) is 9.19. The van der Waals surface area contributed by atoms with E-state index in [1.807, 2.05) is 0 Å². The lowest BCUT2D eigenvalue weighted by atomic mass is 9.70. The SMILES string of the molecule is CC1CC(C)CC(OCCN2CCOCC2)(c2ccccc2)C1.Cl. The van der Waals surface area contributed by atoms with Gasteiger partial charge in [0.05, 0.1) is 25.4 Å². The van der Waals surface area contributed by atoms with E-state index in [1.54, 1.807) is 0 Å². The van der Waals surface area contributed by atoms with Gasteiger partial charge in [0, 0.05) is 19.6 Å². The van der Waals surface area contributed by atoms with E-state index in [9.17, 15) is 0 Å². The molecule has 2 unspecified atom stereocenters. The summed E-state index contributed by atoms with van der Waals surface area (Å²) in [4.78, 5) is 2.46. The van der Waals surface area contributed by atoms with Gasteiger partial charge in [0.2, 0.25) is 0 Å². The van der Waals surface area contributed by atoms with Crippen molar-refractivity contribution in [3.05, 3.63) is 35.9 Å². The van der Waals surface area contributed by atoms with Crippen LogP contribution in [0.15, 0.2) is 30.3 Å². The van der Waals surface area contributed by atoms with Gasteiger partial charge in [0.15, 0.2) is 0 Å². The molecule has 1 aromatic carbocycles. The van der Waals surface area contributed by atoms with Crippen LogP contribution in [0.3, 0.4) is 0 Å². The smallest absolute Gasteiger partial charge is 0.0937 e. The van der Waals surface area contributed by atoms with Crippen LogP contribution in [0.2, 0.25) is 0 Å². The Bertz CT molecular complexity index is 466. The molecule has 2 aliphatic rings. The van der Waals surface area contributed by atoms with E-state index in [0.717, 1.165) is 64.1 Å². The second-order valence-electron chi connectivity index (χ2n) is 7.52. The van der Waals surface area contributed by atoms with Gasteiger partial charge in [-0.15, -0.1) is 12.4 Å². The molecule has 1 aliphatic heterocycles. The summed E-state index contributed by atoms with van der Waals surface area (Å²) < 4.78 is 12.0. The molecule has 1 heterocycles. The molecule has 1 saturated heterocycles. The summed E-state index contributed by atoms with van der Waals surface area (Å²) in [6.45, 7) is 10.4. The summed E-state index contributed by atoms with van der Waals surface area (Å²) in [5.41, 5.74) is 1.27. The van der Waals surface area contributed by atoms with E-state index >= 15 is 0 Å². The van der Waals surface area contributed by atoms with E-state index < -0.39 is 0 Å². The largest absolute Gasteiger partial charge is 0.379 e. The van der Waals surface area contributed by atoms with E-state index in [1.165, 1.54) is 12.0 Å². The first-order valence-corrected chi connectivity index (χ1v) is 9.17. The van der Waals surface area contributed by atoms with Crippen molar-refractivity contribution in [2.24, 2.45) is 11.8 Å². The van der Waals surface area contributed by atoms with Crippen molar-refractivity contribution in [3.8, 4) is 0 Å². The highest BCUT2D eigenvalue weighted by atomic mass is 35.5. The molecule has 2 fully saturated rings. The van der Waals surface area contributed by atoms with Gasteiger partial charge in [-0.05, 0) is 36.7 Å². The Morgan fingerprint density at radius 3 is 2.33 bits per heavy atom. The number of halogens is 1. The Balaban J connectivity index is 0.00000208. The summed E-state index contributed by atoms with van der Waals surface area (Å²) >= 11 is 0. The third kappa shape index (κ3) is 4.95. The van der Waals surface area contributed by atoms with Crippen LogP contribution >= 0.6 is 12.4 Å². The molecular formula is C20H32ClNO2. The number of hydrogen-bond acceptors (Lipinski definition) is 3. The first-order chi connectivity index (χ1) is 11.2. The molecule has 1 aliphatic carbocycles. The van der Waals surface area contributed by atoms with Gasteiger partial charge in [-0.3, -0.25) is 4.90 Å². The van der Waals surface area contributed by atoms with Crippen LogP contribution in [0.5, 0.6) is 0 Å². The highest BCUT2D eigenvalue weighted by Gasteiger charge is 2.40. The standard InChI is InChI=1S/C20H31NO2.ClH/c1-17-14-18(2)16-20(15-17,19-6-4-3-5-7-19)23-13-10-21-8-11-22-12-9-21;/h3-7,17-18H,8-16H2,1-2H3;1H. The van der Waals surface area contributed by atoms with Crippen molar-refractivity contribution in [1.82, 2.24) is 4.90 Å². The Morgan fingerprint density at radius 1 is 1.08 bits per heavy atom. The van der Waals surface area contributed by atoms with Crippen LogP contribution in [0.25, 0.3) is 0 Å². The van der Waals surface area contributed by atoms with E-state index in [0.29, 0.717) is 0 Å². The van der Waals surface area contributed by atoms with Crippen molar-refractivity contribution in [1.29, 1.82) is 0 Å². The quantitative estimate of drug-likeness (QED) is 0.795. The maximum atomic E-state index is 6.62. The third-order valence-corrected chi connectivity index (χ3v) is 5.35. The molecule has 2 atom stereocenters. The van der Waals surface area contributed by atoms with Gasteiger partial charge < -0.3 is 9.47 Å². The zero-order valence-corrected chi connectivity index (χ0v) is 15.9. The number of benzene rings is 1. The lowest BCUT2D eigenvalue weighted by Gasteiger charge is -2.43. The normalized spacial score (nSPS) is 31.4. The monoisotopic (exact) mass is 353 g/mol. The van der Waals surface area contributed by atoms with E-state index in [4.69, 9.17) is 9.47 Å². The average molecular weight is 354 g/mol. The van der Waals surface area contributed by atoms with Crippen molar-refractivity contribution in [3.63, 3.8) is 0 Å². The van der Waals surface area contributed by atoms with Crippen LogP contribution in [0, 0.1) is 11.8 Å². The minimum Gasteiger partial charge on any atom is -0.379 e. The zero-order chi connectivity index (χ0) is 16.1. The number of ether oxygens (including phenoxy) is 2. The van der Waals surface area contributed by atoms with Gasteiger partial charge in [-0.2, -0.15) is 0 Å². The molecular weight excluding hydrogens is 322 g/mol. The van der Waals surface area contributed by atoms with Gasteiger partial charge in [0.1, 0.15) is 0 Å². The van der Waals surface area contributed by atoms with E-state index in [2.05, 4.69) is 49.1 Å². The van der Waals surface area contributed by atoms with Crippen LogP contribution in [0.1, 0.15) is 38.7 Å². The van der Waals surface area contributed by atoms with Crippen molar-refractivity contribution < 1.29 is 9.47 Å². The van der Waals surface area contributed by atoms with Gasteiger partial charge in [-0.1, -0.05) is 44.2 Å². The fourth-order valence-corrected chi connectivity index (χ4v) is 4.44. The highest BCUT2D eigenvalue weighted by molar-refractivity contribution is 5.85. The lowest BCUT2D eigenvalue weighted by molar-refractivity contribution is -0.107. The summed E-state index contributed by atoms with van der Waals surface area (Å²) in [6, 6.07) is 10.9. The molecule has 4 heteroatoms. The summed E-state index contributed by atoms with van der Waals surface area (Å²) in [7, 11) is 0. The van der Waals surface area contributed by atoms with Gasteiger partial charge >= 0.3 is 0 Å². The van der Waals surface area contributed by atoms with Gasteiger partial charge in [-0.25, -0.2) is 0 Å². The van der Waals surface area contributed by atoms with Crippen molar-refractivity contribution in [2.45, 2.75) is 38.7 Å². The molecule has 1 saturated carbocycles. The van der Waals surface area contributed by atoms with E-state index in [-0.39, 0.29) is 18.0 Å². The summed E-state index contributed by atoms with van der Waals surface area (Å²) in [5, 5.41) is 0. The number of rotatable bonds is 5. The van der Waals surface area contributed by atoms with Crippen molar-refractivity contribution in [2.75, 3.05) is 39.5 Å². The Kier molecular flexibility index (Phi) is 7.55. The summed E-state index contributed by atoms with van der Waals surface area (Å²) in [5.74, 6) is 1.45.